The molecule has 1 saturated heterocycles. The van der Waals surface area contributed by atoms with E-state index in [0.717, 1.165) is 11.4 Å². The number of nitrogens with zero attached hydrogens (tertiary/aromatic N) is 6. The van der Waals surface area contributed by atoms with E-state index in [1.165, 1.54) is 12.1 Å². The first-order valence-electron chi connectivity index (χ1n) is 9.97. The average molecular weight is 444 g/mol. The molecule has 4 rings (SSSR count). The second kappa shape index (κ2) is 9.21. The van der Waals surface area contributed by atoms with E-state index in [2.05, 4.69) is 20.4 Å². The monoisotopic (exact) mass is 443 g/mol. The molecule has 9 nitrogen and oxygen atoms in total. The highest BCUT2D eigenvalue weighted by molar-refractivity contribution is 7.80. The number of hydrogen-bond acceptors (Lipinski definition) is 7. The normalized spacial score (nSPS) is 14.0. The number of esters is 1. The number of aromatic nitrogens is 4. The number of carbonyl (C=O) groups excluding carboxylic acids is 1. The van der Waals surface area contributed by atoms with Crippen LogP contribution in [0.3, 0.4) is 0 Å². The SMILES string of the molecule is CCOC(=O)CNC(=S)N1CCN(c2ccc3nnc(-c4ccc(F)cc4)n3n2)CC1. The highest BCUT2D eigenvalue weighted by Gasteiger charge is 2.21. The van der Waals surface area contributed by atoms with Crippen LogP contribution in [0, 0.1) is 5.82 Å². The van der Waals surface area contributed by atoms with Crippen molar-refractivity contribution in [3.8, 4) is 11.4 Å². The molecule has 0 amide bonds. The quantitative estimate of drug-likeness (QED) is 0.465. The Hall–Kier alpha value is -3.34. The van der Waals surface area contributed by atoms with Gasteiger partial charge >= 0.3 is 5.97 Å². The summed E-state index contributed by atoms with van der Waals surface area (Å²) in [7, 11) is 0. The molecule has 2 aromatic heterocycles. The molecular weight excluding hydrogens is 421 g/mol. The van der Waals surface area contributed by atoms with E-state index in [4.69, 9.17) is 22.1 Å². The first-order valence-corrected chi connectivity index (χ1v) is 10.4. The number of halogens is 1. The fraction of sp³-hybridized carbons (Fsp3) is 0.350. The summed E-state index contributed by atoms with van der Waals surface area (Å²) in [6.07, 6.45) is 0. The molecule has 31 heavy (non-hydrogen) atoms. The summed E-state index contributed by atoms with van der Waals surface area (Å²) >= 11 is 5.39. The van der Waals surface area contributed by atoms with Crippen molar-refractivity contribution in [2.24, 2.45) is 0 Å². The Morgan fingerprint density at radius 1 is 1.13 bits per heavy atom. The number of thiocarbonyl (C=S) groups is 1. The molecule has 1 fully saturated rings. The topological polar surface area (TPSA) is 87.9 Å². The number of piperazine rings is 1. The van der Waals surface area contributed by atoms with Crippen molar-refractivity contribution >= 4 is 34.8 Å². The zero-order valence-corrected chi connectivity index (χ0v) is 17.8. The molecular formula is C20H22FN7O2S. The maximum atomic E-state index is 13.3. The molecule has 3 heterocycles. The number of carbonyl (C=O) groups is 1. The van der Waals surface area contributed by atoms with Crippen LogP contribution in [0.1, 0.15) is 6.92 Å². The van der Waals surface area contributed by atoms with Crippen molar-refractivity contribution in [2.45, 2.75) is 6.92 Å². The van der Waals surface area contributed by atoms with Crippen LogP contribution in [0.2, 0.25) is 0 Å². The summed E-state index contributed by atoms with van der Waals surface area (Å²) in [6.45, 7) is 5.00. The number of ether oxygens (including phenoxy) is 1. The van der Waals surface area contributed by atoms with Gasteiger partial charge in [-0.05, 0) is 55.5 Å². The second-order valence-electron chi connectivity index (χ2n) is 6.93. The molecule has 1 N–H and O–H groups in total. The minimum atomic E-state index is -0.327. The predicted molar refractivity (Wildman–Crippen MR) is 117 cm³/mol. The maximum Gasteiger partial charge on any atom is 0.325 e. The van der Waals surface area contributed by atoms with Crippen molar-refractivity contribution < 1.29 is 13.9 Å². The lowest BCUT2D eigenvalue weighted by Gasteiger charge is -2.36. The Balaban J connectivity index is 1.42. The zero-order chi connectivity index (χ0) is 21.8. The van der Waals surface area contributed by atoms with Crippen LogP contribution in [-0.4, -0.2) is 75.1 Å². The Labute approximate surface area is 183 Å². The van der Waals surface area contributed by atoms with Gasteiger partial charge in [0.15, 0.2) is 16.6 Å². The number of benzene rings is 1. The predicted octanol–water partition coefficient (Wildman–Crippen LogP) is 1.49. The van der Waals surface area contributed by atoms with Crippen molar-refractivity contribution in [1.82, 2.24) is 30.0 Å². The Morgan fingerprint density at radius 3 is 2.58 bits per heavy atom. The summed E-state index contributed by atoms with van der Waals surface area (Å²) < 4.78 is 19.8. The van der Waals surface area contributed by atoms with Gasteiger partial charge in [0.05, 0.1) is 6.61 Å². The maximum absolute atomic E-state index is 13.3. The van der Waals surface area contributed by atoms with Crippen LogP contribution in [0.15, 0.2) is 36.4 Å². The summed E-state index contributed by atoms with van der Waals surface area (Å²) in [4.78, 5) is 15.7. The van der Waals surface area contributed by atoms with Crippen LogP contribution in [0.5, 0.6) is 0 Å². The molecule has 0 aliphatic carbocycles. The minimum Gasteiger partial charge on any atom is -0.465 e. The van der Waals surface area contributed by atoms with Gasteiger partial charge in [0.25, 0.3) is 0 Å². The van der Waals surface area contributed by atoms with Crippen LogP contribution in [0.4, 0.5) is 10.2 Å². The lowest BCUT2D eigenvalue weighted by molar-refractivity contribution is -0.141. The molecule has 162 valence electrons. The minimum absolute atomic E-state index is 0.0604. The van der Waals surface area contributed by atoms with E-state index < -0.39 is 0 Å². The van der Waals surface area contributed by atoms with Gasteiger partial charge < -0.3 is 19.9 Å². The first-order chi connectivity index (χ1) is 15.0. The van der Waals surface area contributed by atoms with Gasteiger partial charge in [0.2, 0.25) is 0 Å². The van der Waals surface area contributed by atoms with E-state index in [1.807, 2.05) is 17.0 Å². The molecule has 0 unspecified atom stereocenters. The molecule has 1 aliphatic heterocycles. The number of nitrogens with one attached hydrogen (secondary N) is 1. The Morgan fingerprint density at radius 2 is 1.87 bits per heavy atom. The van der Waals surface area contributed by atoms with Crippen LogP contribution < -0.4 is 10.2 Å². The zero-order valence-electron chi connectivity index (χ0n) is 17.0. The van der Waals surface area contributed by atoms with Crippen LogP contribution >= 0.6 is 12.2 Å². The number of fused-ring (bicyclic) bond motifs is 1. The fourth-order valence-electron chi connectivity index (χ4n) is 3.34. The Kier molecular flexibility index (Phi) is 6.21. The molecule has 1 aliphatic rings. The molecule has 11 heteroatoms. The third kappa shape index (κ3) is 4.71. The second-order valence-corrected chi connectivity index (χ2v) is 7.32. The van der Waals surface area contributed by atoms with Crippen LogP contribution in [-0.2, 0) is 9.53 Å². The van der Waals surface area contributed by atoms with Crippen molar-refractivity contribution in [1.29, 1.82) is 0 Å². The first kappa shape index (κ1) is 20.9. The van der Waals surface area contributed by atoms with Gasteiger partial charge in [-0.25, -0.2) is 4.39 Å². The molecule has 0 atom stereocenters. The lowest BCUT2D eigenvalue weighted by atomic mass is 10.2. The fourth-order valence-corrected chi connectivity index (χ4v) is 3.59. The van der Waals surface area contributed by atoms with E-state index in [1.54, 1.807) is 23.6 Å². The molecule has 0 radical (unpaired) electrons. The average Bonchev–Trinajstić information content (AvgIpc) is 3.21. The van der Waals surface area contributed by atoms with Crippen molar-refractivity contribution in [2.75, 3.05) is 44.2 Å². The van der Waals surface area contributed by atoms with E-state index in [0.29, 0.717) is 49.4 Å². The number of hydrogen-bond donors (Lipinski definition) is 1. The third-order valence-corrected chi connectivity index (χ3v) is 5.33. The largest absolute Gasteiger partial charge is 0.465 e. The standard InChI is InChI=1S/C20H22FN7O2S/c1-2-30-18(29)13-22-20(31)27-11-9-26(10-12-27)17-8-7-16-23-24-19(28(16)25-17)14-3-5-15(21)6-4-14/h3-8H,2,9-13H2,1H3,(H,22,31). The third-order valence-electron chi connectivity index (χ3n) is 4.93. The van der Waals surface area contributed by atoms with E-state index in [-0.39, 0.29) is 18.3 Å². The van der Waals surface area contributed by atoms with Gasteiger partial charge in [-0.15, -0.1) is 15.3 Å². The number of rotatable bonds is 5. The summed E-state index contributed by atoms with van der Waals surface area (Å²) in [6, 6.07) is 9.86. The smallest absolute Gasteiger partial charge is 0.325 e. The van der Waals surface area contributed by atoms with E-state index in [9.17, 15) is 9.18 Å². The Bertz CT molecular complexity index is 1080. The van der Waals surface area contributed by atoms with Gasteiger partial charge in [-0.1, -0.05) is 0 Å². The van der Waals surface area contributed by atoms with Gasteiger partial charge in [0.1, 0.15) is 18.2 Å². The highest BCUT2D eigenvalue weighted by Crippen LogP contribution is 2.20. The lowest BCUT2D eigenvalue weighted by Crippen LogP contribution is -2.52. The van der Waals surface area contributed by atoms with Crippen LogP contribution in [0.25, 0.3) is 17.0 Å². The summed E-state index contributed by atoms with van der Waals surface area (Å²) in [5.74, 6) is 0.714. The summed E-state index contributed by atoms with van der Waals surface area (Å²) in [5.41, 5.74) is 1.35. The molecule has 0 bridgehead atoms. The molecule has 1 aromatic carbocycles. The van der Waals surface area contributed by atoms with E-state index >= 15 is 0 Å². The van der Waals surface area contributed by atoms with Gasteiger partial charge in [-0.2, -0.15) is 4.52 Å². The van der Waals surface area contributed by atoms with Gasteiger partial charge in [0, 0.05) is 31.7 Å². The molecule has 0 spiro atoms. The molecule has 3 aromatic rings. The molecule has 0 saturated carbocycles. The van der Waals surface area contributed by atoms with Crippen molar-refractivity contribution in [3.63, 3.8) is 0 Å². The van der Waals surface area contributed by atoms with Crippen molar-refractivity contribution in [3.05, 3.63) is 42.2 Å². The highest BCUT2D eigenvalue weighted by atomic mass is 32.1. The number of anilines is 1. The van der Waals surface area contributed by atoms with Gasteiger partial charge in [-0.3, -0.25) is 4.79 Å². The summed E-state index contributed by atoms with van der Waals surface area (Å²) in [5, 5.41) is 16.5.